The van der Waals surface area contributed by atoms with Crippen LogP contribution in [0, 0.1) is 5.92 Å². The summed E-state index contributed by atoms with van der Waals surface area (Å²) in [5, 5.41) is 0.651. The van der Waals surface area contributed by atoms with E-state index in [0.29, 0.717) is 35.7 Å². The van der Waals surface area contributed by atoms with E-state index in [2.05, 4.69) is 40.2 Å². The maximum atomic E-state index is 13.0. The minimum Gasteiger partial charge on any atom is -0.493 e. The normalized spacial score (nSPS) is 14.9. The molecular formula is C23H22BrNO4. The van der Waals surface area contributed by atoms with Gasteiger partial charge in [-0.1, -0.05) is 46.3 Å². The van der Waals surface area contributed by atoms with Crippen LogP contribution in [0.15, 0.2) is 62.2 Å². The van der Waals surface area contributed by atoms with Crippen molar-refractivity contribution in [3.05, 3.63) is 74.6 Å². The van der Waals surface area contributed by atoms with Gasteiger partial charge in [0.25, 0.3) is 5.91 Å². The number of rotatable bonds is 4. The summed E-state index contributed by atoms with van der Waals surface area (Å²) in [5.41, 5.74) is 1.11. The van der Waals surface area contributed by atoms with Crippen molar-refractivity contribution in [2.24, 2.45) is 5.92 Å². The number of hydrogen-bond acceptors (Lipinski definition) is 4. The molecular weight excluding hydrogens is 434 g/mol. The number of carbonyl (C=O) groups excluding carboxylic acids is 1. The third-order valence-electron chi connectivity index (χ3n) is 5.48. The largest absolute Gasteiger partial charge is 0.493 e. The first kappa shape index (κ1) is 19.7. The number of nitrogens with zero attached hydrogens (tertiary/aromatic N) is 1. The molecule has 29 heavy (non-hydrogen) atoms. The summed E-state index contributed by atoms with van der Waals surface area (Å²) in [7, 11) is 1.51. The van der Waals surface area contributed by atoms with Gasteiger partial charge in [-0.05, 0) is 48.9 Å². The SMILES string of the molecule is COc1cc(Br)cc2cc(C(=O)N3CCC(Cc4ccccc4)CC3)c(=O)oc12. The molecule has 1 amide bonds. The van der Waals surface area contributed by atoms with E-state index in [-0.39, 0.29) is 11.5 Å². The zero-order valence-electron chi connectivity index (χ0n) is 16.2. The summed E-state index contributed by atoms with van der Waals surface area (Å²) >= 11 is 3.42. The topological polar surface area (TPSA) is 59.8 Å². The standard InChI is InChI=1S/C23H22BrNO4/c1-28-20-14-18(24)12-17-13-19(23(27)29-21(17)20)22(26)25-9-7-16(8-10-25)11-15-5-3-2-4-6-15/h2-6,12-14,16H,7-11H2,1H3. The number of hydrogen-bond donors (Lipinski definition) is 0. The van der Waals surface area contributed by atoms with Crippen LogP contribution < -0.4 is 10.4 Å². The molecule has 2 heterocycles. The Morgan fingerprint density at radius 2 is 1.90 bits per heavy atom. The fourth-order valence-corrected chi connectivity index (χ4v) is 4.38. The van der Waals surface area contributed by atoms with Crippen molar-refractivity contribution in [2.75, 3.05) is 20.2 Å². The summed E-state index contributed by atoms with van der Waals surface area (Å²) in [6.45, 7) is 1.30. The summed E-state index contributed by atoms with van der Waals surface area (Å²) in [4.78, 5) is 27.2. The van der Waals surface area contributed by atoms with Gasteiger partial charge in [0.05, 0.1) is 7.11 Å². The van der Waals surface area contributed by atoms with E-state index in [1.165, 1.54) is 12.7 Å². The molecule has 0 spiro atoms. The van der Waals surface area contributed by atoms with Gasteiger partial charge in [0.15, 0.2) is 11.3 Å². The molecule has 0 N–H and O–H groups in total. The molecule has 5 nitrogen and oxygen atoms in total. The Balaban J connectivity index is 1.51. The van der Waals surface area contributed by atoms with Gasteiger partial charge in [0, 0.05) is 22.9 Å². The average Bonchev–Trinajstić information content (AvgIpc) is 2.74. The second-order valence-electron chi connectivity index (χ2n) is 7.40. The molecule has 2 aromatic carbocycles. The maximum absolute atomic E-state index is 13.0. The van der Waals surface area contributed by atoms with Gasteiger partial charge >= 0.3 is 5.63 Å². The van der Waals surface area contributed by atoms with Crippen LogP contribution in [0.4, 0.5) is 0 Å². The van der Waals surface area contributed by atoms with Crippen LogP contribution >= 0.6 is 15.9 Å². The van der Waals surface area contributed by atoms with Crippen molar-refractivity contribution in [3.63, 3.8) is 0 Å². The summed E-state index contributed by atoms with van der Waals surface area (Å²) in [6.07, 6.45) is 2.88. The van der Waals surface area contributed by atoms with Gasteiger partial charge in [-0.3, -0.25) is 4.79 Å². The molecule has 3 aromatic rings. The Kier molecular flexibility index (Phi) is 5.72. The lowest BCUT2D eigenvalue weighted by Crippen LogP contribution is -2.40. The van der Waals surface area contributed by atoms with E-state index in [1.54, 1.807) is 17.0 Å². The van der Waals surface area contributed by atoms with Gasteiger partial charge in [-0.15, -0.1) is 0 Å². The van der Waals surface area contributed by atoms with Gasteiger partial charge in [0.1, 0.15) is 5.56 Å². The zero-order valence-corrected chi connectivity index (χ0v) is 17.8. The van der Waals surface area contributed by atoms with Crippen molar-refractivity contribution in [1.82, 2.24) is 4.90 Å². The molecule has 1 aliphatic heterocycles. The first-order valence-corrected chi connectivity index (χ1v) is 10.5. The average molecular weight is 456 g/mol. The van der Waals surface area contributed by atoms with Crippen LogP contribution in [0.5, 0.6) is 5.75 Å². The fourth-order valence-electron chi connectivity index (χ4n) is 3.93. The van der Waals surface area contributed by atoms with E-state index < -0.39 is 5.63 Å². The second-order valence-corrected chi connectivity index (χ2v) is 8.31. The van der Waals surface area contributed by atoms with Crippen molar-refractivity contribution in [2.45, 2.75) is 19.3 Å². The highest BCUT2D eigenvalue weighted by Crippen LogP contribution is 2.30. The number of ether oxygens (including phenoxy) is 1. The summed E-state index contributed by atoms with van der Waals surface area (Å²) in [6, 6.07) is 15.6. The Bertz CT molecular complexity index is 1090. The number of likely N-dealkylation sites (tertiary alicyclic amines) is 1. The summed E-state index contributed by atoms with van der Waals surface area (Å²) in [5.74, 6) is 0.736. The van der Waals surface area contributed by atoms with Crippen molar-refractivity contribution >= 4 is 32.8 Å². The van der Waals surface area contributed by atoms with Crippen LogP contribution in [-0.2, 0) is 6.42 Å². The lowest BCUT2D eigenvalue weighted by molar-refractivity contribution is 0.0686. The highest BCUT2D eigenvalue weighted by atomic mass is 79.9. The molecule has 0 radical (unpaired) electrons. The highest BCUT2D eigenvalue weighted by Gasteiger charge is 2.26. The Morgan fingerprint density at radius 3 is 2.59 bits per heavy atom. The minimum atomic E-state index is -0.630. The number of amides is 1. The van der Waals surface area contributed by atoms with E-state index in [0.717, 1.165) is 23.7 Å². The number of piperidine rings is 1. The zero-order chi connectivity index (χ0) is 20.4. The molecule has 1 aromatic heterocycles. The van der Waals surface area contributed by atoms with Crippen molar-refractivity contribution in [3.8, 4) is 5.75 Å². The number of halogens is 1. The molecule has 0 atom stereocenters. The minimum absolute atomic E-state index is 0.0687. The van der Waals surface area contributed by atoms with E-state index >= 15 is 0 Å². The smallest absolute Gasteiger partial charge is 0.349 e. The Hall–Kier alpha value is -2.60. The van der Waals surface area contributed by atoms with Gasteiger partial charge in [-0.2, -0.15) is 0 Å². The quantitative estimate of drug-likeness (QED) is 0.536. The molecule has 0 aliphatic carbocycles. The molecule has 1 aliphatic rings. The monoisotopic (exact) mass is 455 g/mol. The molecule has 6 heteroatoms. The van der Waals surface area contributed by atoms with Crippen LogP contribution in [-0.4, -0.2) is 31.0 Å². The van der Waals surface area contributed by atoms with Gasteiger partial charge in [0.2, 0.25) is 0 Å². The lowest BCUT2D eigenvalue weighted by atomic mass is 9.90. The van der Waals surface area contributed by atoms with E-state index in [9.17, 15) is 9.59 Å². The predicted octanol–water partition coefficient (Wildman–Crippen LogP) is 4.66. The van der Waals surface area contributed by atoms with Crippen LogP contribution in [0.2, 0.25) is 0 Å². The fraction of sp³-hybridized carbons (Fsp3) is 0.304. The van der Waals surface area contributed by atoms with E-state index in [4.69, 9.17) is 9.15 Å². The number of fused-ring (bicyclic) bond motifs is 1. The summed E-state index contributed by atoms with van der Waals surface area (Å²) < 4.78 is 11.5. The third-order valence-corrected chi connectivity index (χ3v) is 5.94. The first-order valence-electron chi connectivity index (χ1n) is 9.69. The molecule has 0 unspecified atom stereocenters. The Morgan fingerprint density at radius 1 is 1.17 bits per heavy atom. The molecule has 1 fully saturated rings. The van der Waals surface area contributed by atoms with Crippen molar-refractivity contribution < 1.29 is 13.9 Å². The van der Waals surface area contributed by atoms with Crippen LogP contribution in [0.25, 0.3) is 11.0 Å². The lowest BCUT2D eigenvalue weighted by Gasteiger charge is -2.32. The predicted molar refractivity (Wildman–Crippen MR) is 116 cm³/mol. The molecule has 150 valence electrons. The molecule has 0 saturated carbocycles. The number of methoxy groups -OCH3 is 1. The van der Waals surface area contributed by atoms with Crippen molar-refractivity contribution in [1.29, 1.82) is 0 Å². The maximum Gasteiger partial charge on any atom is 0.349 e. The number of benzene rings is 2. The van der Waals surface area contributed by atoms with E-state index in [1.807, 2.05) is 12.1 Å². The number of carbonyl (C=O) groups is 1. The van der Waals surface area contributed by atoms with Gasteiger partial charge in [-0.25, -0.2) is 4.79 Å². The molecule has 4 rings (SSSR count). The van der Waals surface area contributed by atoms with Crippen LogP contribution in [0.1, 0.15) is 28.8 Å². The second kappa shape index (κ2) is 8.41. The Labute approximate surface area is 177 Å². The third kappa shape index (κ3) is 4.22. The highest BCUT2D eigenvalue weighted by molar-refractivity contribution is 9.10. The van der Waals surface area contributed by atoms with Gasteiger partial charge < -0.3 is 14.1 Å². The van der Waals surface area contributed by atoms with Crippen LogP contribution in [0.3, 0.4) is 0 Å². The molecule has 0 bridgehead atoms. The first-order chi connectivity index (χ1) is 14.0. The molecule has 1 saturated heterocycles.